The maximum absolute atomic E-state index is 13.4. The van der Waals surface area contributed by atoms with Crippen LogP contribution in [0.2, 0.25) is 5.02 Å². The Morgan fingerprint density at radius 3 is 2.67 bits per heavy atom. The van der Waals surface area contributed by atoms with E-state index in [0.29, 0.717) is 35.5 Å². The summed E-state index contributed by atoms with van der Waals surface area (Å²) in [5.74, 6) is -1.65. The molecule has 0 saturated heterocycles. The summed E-state index contributed by atoms with van der Waals surface area (Å²) in [4.78, 5) is 16.6. The van der Waals surface area contributed by atoms with Crippen molar-refractivity contribution in [2.24, 2.45) is 0 Å². The molecule has 3 aromatic rings. The van der Waals surface area contributed by atoms with Gasteiger partial charge in [-0.3, -0.25) is 10.1 Å². The van der Waals surface area contributed by atoms with Crippen LogP contribution in [0, 0.1) is 11.6 Å². The van der Waals surface area contributed by atoms with Crippen molar-refractivity contribution in [2.75, 3.05) is 18.5 Å². The zero-order valence-electron chi connectivity index (χ0n) is 13.6. The van der Waals surface area contributed by atoms with Gasteiger partial charge in [0.05, 0.1) is 16.3 Å². The first-order valence-electron chi connectivity index (χ1n) is 7.83. The molecule has 4 rings (SSSR count). The Balaban J connectivity index is 1.55. The van der Waals surface area contributed by atoms with E-state index in [1.165, 1.54) is 11.3 Å². The number of carbonyl (C=O) groups is 1. The Hall–Kier alpha value is -2.71. The molecule has 1 aromatic heterocycles. The van der Waals surface area contributed by atoms with Gasteiger partial charge in [0.2, 0.25) is 0 Å². The van der Waals surface area contributed by atoms with Crippen molar-refractivity contribution < 1.29 is 23.0 Å². The average Bonchev–Trinajstić information content (AvgIpc) is 3.12. The van der Waals surface area contributed by atoms with Crippen LogP contribution in [-0.4, -0.2) is 24.1 Å². The molecule has 9 heteroatoms. The molecule has 0 aliphatic carbocycles. The first kappa shape index (κ1) is 17.7. The standard InChI is InChI=1S/C18H11ClF2N2O3S/c19-11-7-13(21)12(20)6-10(11)17(24)23-18-22-14(8-27-18)9-1-2-15-16(5-9)26-4-3-25-15/h1-2,5-8H,3-4H2,(H,22,23,24). The van der Waals surface area contributed by atoms with Crippen molar-refractivity contribution in [1.29, 1.82) is 0 Å². The number of halogens is 3. The number of amides is 1. The van der Waals surface area contributed by atoms with Gasteiger partial charge in [-0.15, -0.1) is 11.3 Å². The van der Waals surface area contributed by atoms with E-state index in [-0.39, 0.29) is 10.6 Å². The molecule has 0 spiro atoms. The number of carbonyl (C=O) groups excluding carboxylic acids is 1. The van der Waals surface area contributed by atoms with Gasteiger partial charge < -0.3 is 9.47 Å². The lowest BCUT2D eigenvalue weighted by molar-refractivity contribution is 0.102. The summed E-state index contributed by atoms with van der Waals surface area (Å²) in [7, 11) is 0. The molecule has 27 heavy (non-hydrogen) atoms. The molecule has 2 heterocycles. The van der Waals surface area contributed by atoms with Crippen molar-refractivity contribution >= 4 is 34.0 Å². The number of ether oxygens (including phenoxy) is 2. The van der Waals surface area contributed by atoms with Gasteiger partial charge in [-0.2, -0.15) is 0 Å². The van der Waals surface area contributed by atoms with Crippen LogP contribution in [0.5, 0.6) is 11.5 Å². The zero-order chi connectivity index (χ0) is 19.0. The molecule has 0 bridgehead atoms. The lowest BCUT2D eigenvalue weighted by Crippen LogP contribution is -2.15. The topological polar surface area (TPSA) is 60.5 Å². The van der Waals surface area contributed by atoms with Gasteiger partial charge >= 0.3 is 0 Å². The van der Waals surface area contributed by atoms with Gasteiger partial charge in [0.1, 0.15) is 13.2 Å². The number of nitrogens with one attached hydrogen (secondary N) is 1. The molecule has 1 aliphatic rings. The van der Waals surface area contributed by atoms with Crippen molar-refractivity contribution in [3.05, 3.63) is 57.9 Å². The fourth-order valence-corrected chi connectivity index (χ4v) is 3.48. The van der Waals surface area contributed by atoms with Crippen LogP contribution >= 0.6 is 22.9 Å². The highest BCUT2D eigenvalue weighted by Gasteiger charge is 2.18. The second-order valence-electron chi connectivity index (χ2n) is 5.60. The molecule has 5 nitrogen and oxygen atoms in total. The summed E-state index contributed by atoms with van der Waals surface area (Å²) >= 11 is 7.01. The highest BCUT2D eigenvalue weighted by atomic mass is 35.5. The van der Waals surface area contributed by atoms with Crippen LogP contribution in [0.3, 0.4) is 0 Å². The molecular formula is C18H11ClF2N2O3S. The maximum atomic E-state index is 13.4. The van der Waals surface area contributed by atoms with E-state index in [2.05, 4.69) is 10.3 Å². The molecule has 0 fully saturated rings. The van der Waals surface area contributed by atoms with Crippen LogP contribution in [0.25, 0.3) is 11.3 Å². The molecule has 0 saturated carbocycles. The molecular weight excluding hydrogens is 398 g/mol. The van der Waals surface area contributed by atoms with Crippen molar-refractivity contribution in [3.63, 3.8) is 0 Å². The number of aromatic nitrogens is 1. The van der Waals surface area contributed by atoms with Gasteiger partial charge in [0.25, 0.3) is 5.91 Å². The minimum Gasteiger partial charge on any atom is -0.486 e. The number of anilines is 1. The Kier molecular flexibility index (Phi) is 4.67. The highest BCUT2D eigenvalue weighted by molar-refractivity contribution is 7.14. The fraction of sp³-hybridized carbons (Fsp3) is 0.111. The van der Waals surface area contributed by atoms with Gasteiger partial charge in [-0.05, 0) is 30.3 Å². The third kappa shape index (κ3) is 3.58. The van der Waals surface area contributed by atoms with Crippen molar-refractivity contribution in [3.8, 4) is 22.8 Å². The Morgan fingerprint density at radius 2 is 1.85 bits per heavy atom. The monoisotopic (exact) mass is 408 g/mol. The summed E-state index contributed by atoms with van der Waals surface area (Å²) in [5, 5.41) is 4.41. The first-order valence-corrected chi connectivity index (χ1v) is 9.08. The van der Waals surface area contributed by atoms with Crippen molar-refractivity contribution in [2.45, 2.75) is 0 Å². The second-order valence-corrected chi connectivity index (χ2v) is 6.86. The zero-order valence-corrected chi connectivity index (χ0v) is 15.2. The SMILES string of the molecule is O=C(Nc1nc(-c2ccc3c(c2)OCCO3)cs1)c1cc(F)c(F)cc1Cl. The Morgan fingerprint density at radius 1 is 1.11 bits per heavy atom. The lowest BCUT2D eigenvalue weighted by Gasteiger charge is -2.18. The van der Waals surface area contributed by atoms with E-state index in [9.17, 15) is 13.6 Å². The maximum Gasteiger partial charge on any atom is 0.259 e. The van der Waals surface area contributed by atoms with Gasteiger partial charge in [-0.1, -0.05) is 11.6 Å². The van der Waals surface area contributed by atoms with Crippen LogP contribution in [0.1, 0.15) is 10.4 Å². The van der Waals surface area contributed by atoms with Crippen LogP contribution in [0.4, 0.5) is 13.9 Å². The molecule has 0 unspecified atom stereocenters. The van der Waals surface area contributed by atoms with Crippen LogP contribution < -0.4 is 14.8 Å². The molecule has 0 atom stereocenters. The Bertz CT molecular complexity index is 1040. The number of hydrogen-bond donors (Lipinski definition) is 1. The third-order valence-electron chi connectivity index (χ3n) is 3.82. The van der Waals surface area contributed by atoms with E-state index in [1.54, 1.807) is 17.5 Å². The quantitative estimate of drug-likeness (QED) is 0.634. The van der Waals surface area contributed by atoms with E-state index >= 15 is 0 Å². The number of thiazole rings is 1. The number of fused-ring (bicyclic) bond motifs is 1. The van der Waals surface area contributed by atoms with Crippen LogP contribution in [-0.2, 0) is 0 Å². The highest BCUT2D eigenvalue weighted by Crippen LogP contribution is 2.35. The molecule has 2 aromatic carbocycles. The van der Waals surface area contributed by atoms with E-state index in [1.807, 2.05) is 6.07 Å². The van der Waals surface area contributed by atoms with Crippen molar-refractivity contribution in [1.82, 2.24) is 4.98 Å². The average molecular weight is 409 g/mol. The van der Waals surface area contributed by atoms with Gasteiger partial charge in [0.15, 0.2) is 28.3 Å². The predicted octanol–water partition coefficient (Wildman–Crippen LogP) is 4.77. The van der Waals surface area contributed by atoms with E-state index < -0.39 is 17.5 Å². The summed E-state index contributed by atoms with van der Waals surface area (Å²) in [5.41, 5.74) is 1.25. The molecule has 0 radical (unpaired) electrons. The smallest absolute Gasteiger partial charge is 0.259 e. The number of nitrogens with zero attached hydrogens (tertiary/aromatic N) is 1. The summed E-state index contributed by atoms with van der Waals surface area (Å²) in [6, 6.07) is 6.95. The minimum absolute atomic E-state index is 0.174. The number of rotatable bonds is 3. The lowest BCUT2D eigenvalue weighted by atomic mass is 10.1. The third-order valence-corrected chi connectivity index (χ3v) is 4.89. The molecule has 1 aliphatic heterocycles. The van der Waals surface area contributed by atoms with Gasteiger partial charge in [0, 0.05) is 10.9 Å². The molecule has 1 N–H and O–H groups in total. The Labute approximate surface area is 161 Å². The second kappa shape index (κ2) is 7.13. The number of benzene rings is 2. The summed E-state index contributed by atoms with van der Waals surface area (Å²) in [6.07, 6.45) is 0. The predicted molar refractivity (Wildman–Crippen MR) is 97.9 cm³/mol. The first-order chi connectivity index (χ1) is 13.0. The normalized spacial score (nSPS) is 12.7. The van der Waals surface area contributed by atoms with Crippen LogP contribution in [0.15, 0.2) is 35.7 Å². The van der Waals surface area contributed by atoms with Gasteiger partial charge in [-0.25, -0.2) is 13.8 Å². The largest absolute Gasteiger partial charge is 0.486 e. The number of hydrogen-bond acceptors (Lipinski definition) is 5. The van der Waals surface area contributed by atoms with E-state index in [4.69, 9.17) is 21.1 Å². The fourth-order valence-electron chi connectivity index (χ4n) is 2.53. The minimum atomic E-state index is -1.15. The molecule has 1 amide bonds. The van der Waals surface area contributed by atoms with E-state index in [0.717, 1.165) is 17.7 Å². The summed E-state index contributed by atoms with van der Waals surface area (Å²) < 4.78 is 37.5. The molecule has 138 valence electrons. The summed E-state index contributed by atoms with van der Waals surface area (Å²) in [6.45, 7) is 0.982.